The molecule has 2 heterocycles. The number of hydrogen-bond donors (Lipinski definition) is 0. The molecule has 0 atom stereocenters. The third-order valence-electron chi connectivity index (χ3n) is 9.94. The molecule has 0 fully saturated rings. The van der Waals surface area contributed by atoms with Crippen molar-refractivity contribution in [1.29, 1.82) is 0 Å². The Bertz CT molecular complexity index is 2870. The maximum Gasteiger partial charge on any atom is 0.0543 e. The lowest BCUT2D eigenvalue weighted by Gasteiger charge is -2.14. The van der Waals surface area contributed by atoms with E-state index in [0.717, 1.165) is 6.42 Å². The van der Waals surface area contributed by atoms with Gasteiger partial charge in [0.05, 0.1) is 11.0 Å². The Morgan fingerprint density at radius 1 is 0.468 bits per heavy atom. The maximum absolute atomic E-state index is 4.10. The second-order valence-electron chi connectivity index (χ2n) is 12.5. The highest BCUT2D eigenvalue weighted by atomic mass is 32.1. The highest BCUT2D eigenvalue weighted by Crippen LogP contribution is 2.41. The summed E-state index contributed by atoms with van der Waals surface area (Å²) in [5.74, 6) is 0. The van der Waals surface area contributed by atoms with Crippen LogP contribution in [0.3, 0.4) is 0 Å². The van der Waals surface area contributed by atoms with E-state index in [0.29, 0.717) is 0 Å². The Kier molecular flexibility index (Phi) is 5.73. The van der Waals surface area contributed by atoms with Gasteiger partial charge in [0, 0.05) is 36.6 Å². The van der Waals surface area contributed by atoms with Gasteiger partial charge in [-0.3, -0.25) is 0 Å². The lowest BCUT2D eigenvalue weighted by Crippen LogP contribution is -1.95. The van der Waals surface area contributed by atoms with Crippen LogP contribution in [0.25, 0.3) is 91.1 Å². The first-order chi connectivity index (χ1) is 23.3. The van der Waals surface area contributed by atoms with Gasteiger partial charge >= 0.3 is 0 Å². The number of fused-ring (bicyclic) bond motifs is 12. The average molecular weight is 616 g/mol. The van der Waals surface area contributed by atoms with Crippen LogP contribution >= 0.6 is 11.3 Å². The minimum Gasteiger partial charge on any atom is -0.309 e. The molecule has 0 aliphatic heterocycles. The van der Waals surface area contributed by atoms with Gasteiger partial charge in [0.15, 0.2) is 0 Å². The van der Waals surface area contributed by atoms with Gasteiger partial charge in [0.1, 0.15) is 0 Å². The monoisotopic (exact) mass is 615 g/mol. The van der Waals surface area contributed by atoms with Gasteiger partial charge in [-0.1, -0.05) is 103 Å². The summed E-state index contributed by atoms with van der Waals surface area (Å²) < 4.78 is 5.13. The zero-order valence-corrected chi connectivity index (χ0v) is 26.5. The normalized spacial score (nSPS) is 12.0. The van der Waals surface area contributed by atoms with Crippen molar-refractivity contribution in [2.24, 2.45) is 0 Å². The van der Waals surface area contributed by atoms with E-state index < -0.39 is 0 Å². The van der Waals surface area contributed by atoms with Crippen molar-refractivity contribution in [3.05, 3.63) is 164 Å². The van der Waals surface area contributed by atoms with Crippen LogP contribution in [0.15, 0.2) is 158 Å². The average Bonchev–Trinajstić information content (AvgIpc) is 3.67. The fourth-order valence-electron chi connectivity index (χ4n) is 7.87. The van der Waals surface area contributed by atoms with Crippen LogP contribution in [-0.4, -0.2) is 4.57 Å². The SMILES string of the molecule is C=CCc1cccc2c1c1cc(-c3ccc4sc5ccccc5c4c3)ccc1n2-c1ccc2c3ccccc3c3ccccc3c2c1. The van der Waals surface area contributed by atoms with Crippen molar-refractivity contribution < 1.29 is 0 Å². The van der Waals surface area contributed by atoms with E-state index >= 15 is 0 Å². The molecule has 0 aliphatic carbocycles. The van der Waals surface area contributed by atoms with E-state index in [2.05, 4.69) is 157 Å². The molecular formula is C45H29NS. The molecule has 1 nitrogen and oxygen atoms in total. The predicted molar refractivity (Wildman–Crippen MR) is 206 cm³/mol. The van der Waals surface area contributed by atoms with Crippen molar-refractivity contribution in [2.45, 2.75) is 6.42 Å². The van der Waals surface area contributed by atoms with Crippen LogP contribution in [-0.2, 0) is 6.42 Å². The van der Waals surface area contributed by atoms with Crippen molar-refractivity contribution in [3.8, 4) is 16.8 Å². The second kappa shape index (κ2) is 10.2. The molecule has 0 aliphatic rings. The summed E-state index contributed by atoms with van der Waals surface area (Å²) in [5.41, 5.74) is 7.39. The molecule has 0 N–H and O–H groups in total. The summed E-state index contributed by atoms with van der Waals surface area (Å²) in [5, 5.41) is 13.0. The van der Waals surface area contributed by atoms with Gasteiger partial charge in [0.2, 0.25) is 0 Å². The zero-order chi connectivity index (χ0) is 31.1. The van der Waals surface area contributed by atoms with E-state index in [4.69, 9.17) is 0 Å². The summed E-state index contributed by atoms with van der Waals surface area (Å²) in [6.45, 7) is 4.10. The molecule has 220 valence electrons. The summed E-state index contributed by atoms with van der Waals surface area (Å²) in [6, 6.07) is 54.0. The molecule has 47 heavy (non-hydrogen) atoms. The van der Waals surface area contributed by atoms with Crippen LogP contribution in [0.5, 0.6) is 0 Å². The van der Waals surface area contributed by atoms with E-state index in [9.17, 15) is 0 Å². The fraction of sp³-hybridized carbons (Fsp3) is 0.0222. The molecule has 0 bridgehead atoms. The molecule has 10 rings (SSSR count). The standard InChI is InChI=1S/C45H29NS/c1-2-10-28-11-9-17-42-45(28)40-26-29(30-20-24-44-39(25-30)37-16-7-8-18-43(37)47-44)19-23-41(40)46(42)31-21-22-36-34-14-4-3-12-32(34)33-13-5-6-15-35(33)38(36)27-31/h2-9,11-27H,1,10H2. The Labute approximate surface area is 276 Å². The van der Waals surface area contributed by atoms with Gasteiger partial charge in [0.25, 0.3) is 0 Å². The molecule has 2 heteroatoms. The minimum atomic E-state index is 0.821. The van der Waals surface area contributed by atoms with Crippen molar-refractivity contribution in [1.82, 2.24) is 4.57 Å². The third kappa shape index (κ3) is 3.89. The molecular weight excluding hydrogens is 587 g/mol. The van der Waals surface area contributed by atoms with Crippen molar-refractivity contribution in [2.75, 3.05) is 0 Å². The van der Waals surface area contributed by atoms with Gasteiger partial charge in [-0.25, -0.2) is 0 Å². The van der Waals surface area contributed by atoms with Crippen LogP contribution in [0, 0.1) is 0 Å². The molecule has 0 saturated carbocycles. The Morgan fingerprint density at radius 2 is 1.09 bits per heavy atom. The van der Waals surface area contributed by atoms with Gasteiger partial charge in [-0.05, 0) is 104 Å². The summed E-state index contributed by atoms with van der Waals surface area (Å²) in [4.78, 5) is 0. The van der Waals surface area contributed by atoms with Gasteiger partial charge in [-0.2, -0.15) is 0 Å². The quantitative estimate of drug-likeness (QED) is 0.137. The number of rotatable bonds is 4. The molecule has 8 aromatic carbocycles. The number of nitrogens with zero attached hydrogens (tertiary/aromatic N) is 1. The van der Waals surface area contributed by atoms with E-state index in [1.165, 1.54) is 96.7 Å². The Morgan fingerprint density at radius 3 is 1.83 bits per heavy atom. The number of aromatic nitrogens is 1. The van der Waals surface area contributed by atoms with Gasteiger partial charge in [-0.15, -0.1) is 17.9 Å². The third-order valence-corrected chi connectivity index (χ3v) is 11.1. The molecule has 2 aromatic heterocycles. The Balaban J connectivity index is 1.25. The fourth-order valence-corrected chi connectivity index (χ4v) is 8.96. The highest BCUT2D eigenvalue weighted by Gasteiger charge is 2.18. The van der Waals surface area contributed by atoms with Crippen LogP contribution in [0.1, 0.15) is 5.56 Å². The lowest BCUT2D eigenvalue weighted by atomic mass is 9.94. The number of hydrogen-bond acceptors (Lipinski definition) is 1. The molecule has 10 aromatic rings. The first-order valence-electron chi connectivity index (χ1n) is 16.2. The zero-order valence-electron chi connectivity index (χ0n) is 25.7. The Hall–Kier alpha value is -5.70. The van der Waals surface area contributed by atoms with E-state index in [-0.39, 0.29) is 0 Å². The van der Waals surface area contributed by atoms with Crippen LogP contribution in [0.4, 0.5) is 0 Å². The van der Waals surface area contributed by atoms with E-state index in [1.54, 1.807) is 0 Å². The van der Waals surface area contributed by atoms with E-state index in [1.807, 2.05) is 17.4 Å². The summed E-state index contributed by atoms with van der Waals surface area (Å²) >= 11 is 1.87. The van der Waals surface area contributed by atoms with Crippen LogP contribution < -0.4 is 0 Å². The topological polar surface area (TPSA) is 4.93 Å². The molecule has 0 unspecified atom stereocenters. The second-order valence-corrected chi connectivity index (χ2v) is 13.6. The number of thiophene rings is 1. The molecule has 0 spiro atoms. The summed E-state index contributed by atoms with van der Waals surface area (Å²) in [7, 11) is 0. The largest absolute Gasteiger partial charge is 0.309 e. The van der Waals surface area contributed by atoms with Crippen molar-refractivity contribution in [3.63, 3.8) is 0 Å². The minimum absolute atomic E-state index is 0.821. The number of benzene rings is 8. The molecule has 0 amide bonds. The van der Waals surface area contributed by atoms with Crippen LogP contribution in [0.2, 0.25) is 0 Å². The molecule has 0 radical (unpaired) electrons. The first-order valence-corrected chi connectivity index (χ1v) is 17.0. The highest BCUT2D eigenvalue weighted by molar-refractivity contribution is 7.25. The molecule has 0 saturated heterocycles. The predicted octanol–water partition coefficient (Wildman–Crippen LogP) is 13.0. The van der Waals surface area contributed by atoms with Crippen molar-refractivity contribution >= 4 is 85.6 Å². The number of allylic oxidation sites excluding steroid dienone is 1. The summed E-state index contributed by atoms with van der Waals surface area (Å²) in [6.07, 6.45) is 2.84. The lowest BCUT2D eigenvalue weighted by molar-refractivity contribution is 1.18. The van der Waals surface area contributed by atoms with Gasteiger partial charge < -0.3 is 4.57 Å². The first kappa shape index (κ1) is 26.5. The smallest absolute Gasteiger partial charge is 0.0543 e. The maximum atomic E-state index is 4.10.